The van der Waals surface area contributed by atoms with E-state index in [-0.39, 0.29) is 12.3 Å². The van der Waals surface area contributed by atoms with Gasteiger partial charge in [0.25, 0.3) is 0 Å². The Morgan fingerprint density at radius 1 is 1.33 bits per heavy atom. The SMILES string of the molecule is CCOC(=O)CC(=O)N(C)c1cc(F)ccc1F. The third kappa shape index (κ3) is 3.51. The fraction of sp³-hybridized carbons (Fsp3) is 0.333. The number of benzene rings is 1. The Balaban J connectivity index is 2.80. The molecule has 1 rings (SSSR count). The Labute approximate surface area is 103 Å². The number of ether oxygens (including phenoxy) is 1. The van der Waals surface area contributed by atoms with Crippen LogP contribution in [0.4, 0.5) is 14.5 Å². The molecule has 0 spiro atoms. The van der Waals surface area contributed by atoms with Gasteiger partial charge in [-0.15, -0.1) is 0 Å². The van der Waals surface area contributed by atoms with Crippen LogP contribution in [-0.2, 0) is 14.3 Å². The van der Waals surface area contributed by atoms with Gasteiger partial charge in [0, 0.05) is 13.1 Å². The van der Waals surface area contributed by atoms with Gasteiger partial charge in [-0.1, -0.05) is 0 Å². The molecule has 0 aromatic heterocycles. The molecule has 0 N–H and O–H groups in total. The van der Waals surface area contributed by atoms with Gasteiger partial charge in [0.2, 0.25) is 5.91 Å². The summed E-state index contributed by atoms with van der Waals surface area (Å²) in [5.74, 6) is -2.78. The molecule has 0 unspecified atom stereocenters. The van der Waals surface area contributed by atoms with Gasteiger partial charge >= 0.3 is 5.97 Å². The zero-order valence-corrected chi connectivity index (χ0v) is 10.1. The molecule has 0 bridgehead atoms. The fourth-order valence-electron chi connectivity index (χ4n) is 1.33. The molecule has 0 saturated heterocycles. The Kier molecular flexibility index (Phi) is 4.76. The zero-order valence-electron chi connectivity index (χ0n) is 10.1. The predicted octanol–water partition coefficient (Wildman–Crippen LogP) is 1.88. The zero-order chi connectivity index (χ0) is 13.7. The van der Waals surface area contributed by atoms with Crippen molar-refractivity contribution in [2.45, 2.75) is 13.3 Å². The van der Waals surface area contributed by atoms with E-state index in [4.69, 9.17) is 0 Å². The van der Waals surface area contributed by atoms with Crippen molar-refractivity contribution in [2.24, 2.45) is 0 Å². The van der Waals surface area contributed by atoms with Crippen LogP contribution >= 0.6 is 0 Å². The molecule has 0 aliphatic rings. The first-order chi connectivity index (χ1) is 8.45. The predicted molar refractivity (Wildman–Crippen MR) is 61.0 cm³/mol. The van der Waals surface area contributed by atoms with Crippen molar-refractivity contribution >= 4 is 17.6 Å². The highest BCUT2D eigenvalue weighted by atomic mass is 19.1. The third-order valence-corrected chi connectivity index (χ3v) is 2.24. The van der Waals surface area contributed by atoms with E-state index in [0.717, 1.165) is 23.1 Å². The van der Waals surface area contributed by atoms with E-state index in [2.05, 4.69) is 4.74 Å². The summed E-state index contributed by atoms with van der Waals surface area (Å²) >= 11 is 0. The Morgan fingerprint density at radius 2 is 2.00 bits per heavy atom. The minimum absolute atomic E-state index is 0.157. The summed E-state index contributed by atoms with van der Waals surface area (Å²) in [6.07, 6.45) is -0.514. The second-order valence-electron chi connectivity index (χ2n) is 3.53. The van der Waals surface area contributed by atoms with Crippen LogP contribution in [-0.4, -0.2) is 25.5 Å². The van der Waals surface area contributed by atoms with Crippen molar-refractivity contribution in [1.82, 2.24) is 0 Å². The summed E-state index contributed by atoms with van der Waals surface area (Å²) < 4.78 is 30.9. The van der Waals surface area contributed by atoms with E-state index in [1.54, 1.807) is 6.92 Å². The molecule has 6 heteroatoms. The molecular formula is C12H13F2NO3. The normalized spacial score (nSPS) is 10.0. The fourth-order valence-corrected chi connectivity index (χ4v) is 1.33. The number of carbonyl (C=O) groups excluding carboxylic acids is 2. The summed E-state index contributed by atoms with van der Waals surface area (Å²) in [4.78, 5) is 23.6. The molecule has 98 valence electrons. The van der Waals surface area contributed by atoms with Gasteiger partial charge in [-0.3, -0.25) is 9.59 Å². The van der Waals surface area contributed by atoms with E-state index in [9.17, 15) is 18.4 Å². The van der Waals surface area contributed by atoms with E-state index in [1.807, 2.05) is 0 Å². The Bertz CT molecular complexity index is 463. The summed E-state index contributed by atoms with van der Waals surface area (Å²) in [6.45, 7) is 1.77. The second kappa shape index (κ2) is 6.09. The van der Waals surface area contributed by atoms with Crippen molar-refractivity contribution in [3.05, 3.63) is 29.8 Å². The lowest BCUT2D eigenvalue weighted by Gasteiger charge is -2.17. The summed E-state index contributed by atoms with van der Waals surface area (Å²) in [5, 5.41) is 0. The number of hydrogen-bond donors (Lipinski definition) is 0. The first-order valence-corrected chi connectivity index (χ1v) is 5.33. The van der Waals surface area contributed by atoms with Crippen LogP contribution in [0.15, 0.2) is 18.2 Å². The molecule has 0 heterocycles. The topological polar surface area (TPSA) is 46.6 Å². The third-order valence-electron chi connectivity index (χ3n) is 2.24. The maximum absolute atomic E-state index is 13.4. The van der Waals surface area contributed by atoms with Crippen LogP contribution in [0.25, 0.3) is 0 Å². The van der Waals surface area contributed by atoms with Crippen LogP contribution in [0.1, 0.15) is 13.3 Å². The maximum Gasteiger partial charge on any atom is 0.315 e. The van der Waals surface area contributed by atoms with Crippen LogP contribution in [0, 0.1) is 11.6 Å². The quantitative estimate of drug-likeness (QED) is 0.611. The van der Waals surface area contributed by atoms with Crippen LogP contribution in [0.5, 0.6) is 0 Å². The van der Waals surface area contributed by atoms with E-state index in [1.165, 1.54) is 7.05 Å². The van der Waals surface area contributed by atoms with Gasteiger partial charge in [0.05, 0.1) is 12.3 Å². The van der Waals surface area contributed by atoms with Crippen LogP contribution in [0.2, 0.25) is 0 Å². The molecule has 4 nitrogen and oxygen atoms in total. The Morgan fingerprint density at radius 3 is 2.61 bits per heavy atom. The number of amides is 1. The van der Waals surface area contributed by atoms with Crippen molar-refractivity contribution < 1.29 is 23.1 Å². The van der Waals surface area contributed by atoms with Gasteiger partial charge in [0.1, 0.15) is 18.1 Å². The number of esters is 1. The van der Waals surface area contributed by atoms with Gasteiger partial charge < -0.3 is 9.64 Å². The Hall–Kier alpha value is -1.98. The average molecular weight is 257 g/mol. The first-order valence-electron chi connectivity index (χ1n) is 5.33. The van der Waals surface area contributed by atoms with Gasteiger partial charge in [0.15, 0.2) is 0 Å². The highest BCUT2D eigenvalue weighted by Crippen LogP contribution is 2.19. The lowest BCUT2D eigenvalue weighted by Crippen LogP contribution is -2.29. The van der Waals surface area contributed by atoms with Crippen LogP contribution in [0.3, 0.4) is 0 Å². The molecule has 1 aromatic rings. The number of halogens is 2. The molecule has 1 amide bonds. The summed E-state index contributed by atoms with van der Waals surface area (Å²) in [6, 6.07) is 2.75. The van der Waals surface area contributed by atoms with Crippen molar-refractivity contribution in [2.75, 3.05) is 18.6 Å². The van der Waals surface area contributed by atoms with E-state index in [0.29, 0.717) is 0 Å². The minimum atomic E-state index is -0.740. The van der Waals surface area contributed by atoms with Crippen molar-refractivity contribution in [1.29, 1.82) is 0 Å². The monoisotopic (exact) mass is 257 g/mol. The molecule has 1 aromatic carbocycles. The average Bonchev–Trinajstić information content (AvgIpc) is 2.31. The lowest BCUT2D eigenvalue weighted by molar-refractivity contribution is -0.145. The smallest absolute Gasteiger partial charge is 0.315 e. The summed E-state index contributed by atoms with van der Waals surface area (Å²) in [5.41, 5.74) is -0.218. The molecule has 0 atom stereocenters. The molecule has 0 radical (unpaired) electrons. The number of anilines is 1. The number of nitrogens with zero attached hydrogens (tertiary/aromatic N) is 1. The number of rotatable bonds is 4. The summed E-state index contributed by atoms with van der Waals surface area (Å²) in [7, 11) is 1.26. The van der Waals surface area contributed by atoms with Crippen LogP contribution < -0.4 is 4.90 Å². The van der Waals surface area contributed by atoms with Crippen molar-refractivity contribution in [3.8, 4) is 0 Å². The molecule has 0 aliphatic carbocycles. The van der Waals surface area contributed by atoms with Gasteiger partial charge in [-0.05, 0) is 19.1 Å². The first kappa shape index (κ1) is 14.1. The molecule has 0 saturated carbocycles. The van der Waals surface area contributed by atoms with Crippen molar-refractivity contribution in [3.63, 3.8) is 0 Å². The lowest BCUT2D eigenvalue weighted by atomic mass is 10.2. The largest absolute Gasteiger partial charge is 0.466 e. The highest BCUT2D eigenvalue weighted by molar-refractivity contribution is 6.03. The molecule has 18 heavy (non-hydrogen) atoms. The minimum Gasteiger partial charge on any atom is -0.466 e. The van der Waals surface area contributed by atoms with Gasteiger partial charge in [-0.25, -0.2) is 8.78 Å². The number of hydrogen-bond acceptors (Lipinski definition) is 3. The van der Waals surface area contributed by atoms with Gasteiger partial charge in [-0.2, -0.15) is 0 Å². The highest BCUT2D eigenvalue weighted by Gasteiger charge is 2.19. The second-order valence-corrected chi connectivity index (χ2v) is 3.53. The standard InChI is InChI=1S/C12H13F2NO3/c1-3-18-12(17)7-11(16)15(2)10-6-8(13)4-5-9(10)14/h4-6H,3,7H2,1-2H3. The van der Waals surface area contributed by atoms with E-state index < -0.39 is 29.9 Å². The molecular weight excluding hydrogens is 244 g/mol. The molecule has 0 fully saturated rings. The molecule has 0 aliphatic heterocycles. The number of carbonyl (C=O) groups is 2. The van der Waals surface area contributed by atoms with E-state index >= 15 is 0 Å². The maximum atomic E-state index is 13.4.